The van der Waals surface area contributed by atoms with Crippen LogP contribution in [0.3, 0.4) is 0 Å². The number of nitro benzene ring substituents is 1. The number of amides is 1. The summed E-state index contributed by atoms with van der Waals surface area (Å²) in [6.45, 7) is 2.70. The van der Waals surface area contributed by atoms with Gasteiger partial charge in [0.15, 0.2) is 0 Å². The molecule has 1 aromatic heterocycles. The quantitative estimate of drug-likeness (QED) is 0.630. The Labute approximate surface area is 145 Å². The molecule has 1 aromatic carbocycles. The molecule has 0 aliphatic carbocycles. The van der Waals surface area contributed by atoms with Crippen LogP contribution in [-0.4, -0.2) is 39.9 Å². The average Bonchev–Trinajstić information content (AvgIpc) is 2.62. The van der Waals surface area contributed by atoms with E-state index in [2.05, 4.69) is 4.98 Å². The molecule has 1 aliphatic rings. The highest BCUT2D eigenvalue weighted by atomic mass is 16.6. The van der Waals surface area contributed by atoms with E-state index in [4.69, 9.17) is 4.74 Å². The summed E-state index contributed by atoms with van der Waals surface area (Å²) in [6.07, 6.45) is 4.91. The Kier molecular flexibility index (Phi) is 4.92. The monoisotopic (exact) mass is 341 g/mol. The van der Waals surface area contributed by atoms with E-state index in [0.29, 0.717) is 24.2 Å². The van der Waals surface area contributed by atoms with Crippen molar-refractivity contribution in [2.75, 3.05) is 13.1 Å². The Hall–Kier alpha value is -2.96. The SMILES string of the molecule is Cc1c(C(=O)N2CCCC(Oc3ccncc3)C2)cccc1[N+](=O)[O-]. The van der Waals surface area contributed by atoms with Gasteiger partial charge in [0.25, 0.3) is 11.6 Å². The third-order valence-corrected chi connectivity index (χ3v) is 4.35. The zero-order chi connectivity index (χ0) is 17.8. The first-order valence-electron chi connectivity index (χ1n) is 8.16. The van der Waals surface area contributed by atoms with Crippen LogP contribution in [0, 0.1) is 17.0 Å². The largest absolute Gasteiger partial charge is 0.488 e. The number of benzene rings is 1. The Balaban J connectivity index is 1.74. The fourth-order valence-corrected chi connectivity index (χ4v) is 3.05. The van der Waals surface area contributed by atoms with Crippen LogP contribution in [0.1, 0.15) is 28.8 Å². The molecule has 1 saturated heterocycles. The summed E-state index contributed by atoms with van der Waals surface area (Å²) in [5.41, 5.74) is 0.737. The number of piperidine rings is 1. The number of ether oxygens (including phenoxy) is 1. The first-order chi connectivity index (χ1) is 12.1. The van der Waals surface area contributed by atoms with Crippen LogP contribution >= 0.6 is 0 Å². The van der Waals surface area contributed by atoms with E-state index < -0.39 is 4.92 Å². The predicted octanol–water partition coefficient (Wildman–Crippen LogP) is 2.98. The van der Waals surface area contributed by atoms with Gasteiger partial charge in [0.1, 0.15) is 11.9 Å². The van der Waals surface area contributed by atoms with Gasteiger partial charge in [-0.05, 0) is 38.0 Å². The molecule has 7 nitrogen and oxygen atoms in total. The minimum absolute atomic E-state index is 0.0348. The van der Waals surface area contributed by atoms with Crippen LogP contribution in [-0.2, 0) is 0 Å². The van der Waals surface area contributed by atoms with Crippen molar-refractivity contribution in [3.8, 4) is 5.75 Å². The van der Waals surface area contributed by atoms with Gasteiger partial charge in [-0.3, -0.25) is 19.9 Å². The molecule has 0 bridgehead atoms. The number of carbonyl (C=O) groups excluding carboxylic acids is 1. The van der Waals surface area contributed by atoms with Crippen molar-refractivity contribution < 1.29 is 14.5 Å². The maximum absolute atomic E-state index is 12.8. The van der Waals surface area contributed by atoms with E-state index in [1.54, 1.807) is 48.5 Å². The highest BCUT2D eigenvalue weighted by Gasteiger charge is 2.28. The molecule has 2 aromatic rings. The molecule has 7 heteroatoms. The van der Waals surface area contributed by atoms with Gasteiger partial charge >= 0.3 is 0 Å². The van der Waals surface area contributed by atoms with Gasteiger partial charge in [-0.2, -0.15) is 0 Å². The standard InChI is InChI=1S/C18H19N3O4/c1-13-16(5-2-6-17(13)21(23)24)18(22)20-11-3-4-15(12-20)25-14-7-9-19-10-8-14/h2,5-10,15H,3-4,11-12H2,1H3. The van der Waals surface area contributed by atoms with E-state index >= 15 is 0 Å². The summed E-state index contributed by atoms with van der Waals surface area (Å²) in [6, 6.07) is 8.17. The molecule has 1 unspecified atom stereocenters. The highest BCUT2D eigenvalue weighted by Crippen LogP contribution is 2.24. The van der Waals surface area contributed by atoms with E-state index in [0.717, 1.165) is 18.6 Å². The van der Waals surface area contributed by atoms with Crippen molar-refractivity contribution >= 4 is 11.6 Å². The Morgan fingerprint density at radius 3 is 2.80 bits per heavy atom. The Morgan fingerprint density at radius 2 is 2.08 bits per heavy atom. The van der Waals surface area contributed by atoms with E-state index in [-0.39, 0.29) is 17.7 Å². The van der Waals surface area contributed by atoms with Crippen LogP contribution in [0.15, 0.2) is 42.7 Å². The van der Waals surface area contributed by atoms with Crippen LogP contribution in [0.25, 0.3) is 0 Å². The summed E-state index contributed by atoms with van der Waals surface area (Å²) in [7, 11) is 0. The molecule has 0 spiro atoms. The van der Waals surface area contributed by atoms with Crippen molar-refractivity contribution in [2.45, 2.75) is 25.9 Å². The molecule has 1 atom stereocenters. The molecule has 3 rings (SSSR count). The van der Waals surface area contributed by atoms with Crippen LogP contribution in [0.2, 0.25) is 0 Å². The maximum atomic E-state index is 12.8. The average molecular weight is 341 g/mol. The fraction of sp³-hybridized carbons (Fsp3) is 0.333. The molecule has 0 radical (unpaired) electrons. The van der Waals surface area contributed by atoms with E-state index in [1.165, 1.54) is 6.07 Å². The second-order valence-electron chi connectivity index (χ2n) is 6.02. The number of likely N-dealkylation sites (tertiary alicyclic amines) is 1. The molecule has 0 N–H and O–H groups in total. The second kappa shape index (κ2) is 7.29. The van der Waals surface area contributed by atoms with Crippen molar-refractivity contribution in [2.24, 2.45) is 0 Å². The lowest BCUT2D eigenvalue weighted by atomic mass is 10.0. The first kappa shape index (κ1) is 16.9. The molecular formula is C18H19N3O4. The number of hydrogen-bond acceptors (Lipinski definition) is 5. The third kappa shape index (κ3) is 3.76. The van der Waals surface area contributed by atoms with Gasteiger partial charge < -0.3 is 9.64 Å². The van der Waals surface area contributed by atoms with E-state index in [1.807, 2.05) is 0 Å². The number of rotatable bonds is 4. The lowest BCUT2D eigenvalue weighted by molar-refractivity contribution is -0.385. The van der Waals surface area contributed by atoms with E-state index in [9.17, 15) is 14.9 Å². The number of nitro groups is 1. The molecule has 1 aliphatic heterocycles. The minimum Gasteiger partial charge on any atom is -0.488 e. The van der Waals surface area contributed by atoms with Gasteiger partial charge in [0, 0.05) is 36.1 Å². The van der Waals surface area contributed by atoms with Crippen molar-refractivity contribution in [3.05, 3.63) is 64.0 Å². The normalized spacial score (nSPS) is 17.2. The highest BCUT2D eigenvalue weighted by molar-refractivity contribution is 5.96. The van der Waals surface area contributed by atoms with Crippen molar-refractivity contribution in [3.63, 3.8) is 0 Å². The molecule has 0 saturated carbocycles. The number of carbonyl (C=O) groups is 1. The summed E-state index contributed by atoms with van der Waals surface area (Å²) in [5, 5.41) is 11.1. The van der Waals surface area contributed by atoms with Gasteiger partial charge in [-0.15, -0.1) is 0 Å². The molecule has 1 amide bonds. The number of aromatic nitrogens is 1. The van der Waals surface area contributed by atoms with Crippen LogP contribution in [0.5, 0.6) is 5.75 Å². The topological polar surface area (TPSA) is 85.6 Å². The van der Waals surface area contributed by atoms with Crippen molar-refractivity contribution in [1.82, 2.24) is 9.88 Å². The summed E-state index contributed by atoms with van der Waals surface area (Å²) in [4.78, 5) is 29.1. The van der Waals surface area contributed by atoms with Gasteiger partial charge in [-0.1, -0.05) is 6.07 Å². The zero-order valence-electron chi connectivity index (χ0n) is 13.9. The molecular weight excluding hydrogens is 322 g/mol. The summed E-state index contributed by atoms with van der Waals surface area (Å²) < 4.78 is 5.92. The van der Waals surface area contributed by atoms with Crippen LogP contribution < -0.4 is 4.74 Å². The smallest absolute Gasteiger partial charge is 0.273 e. The number of hydrogen-bond donors (Lipinski definition) is 0. The number of nitrogens with zero attached hydrogens (tertiary/aromatic N) is 3. The fourth-order valence-electron chi connectivity index (χ4n) is 3.05. The van der Waals surface area contributed by atoms with Gasteiger partial charge in [0.05, 0.1) is 11.5 Å². The number of pyridine rings is 1. The predicted molar refractivity (Wildman–Crippen MR) is 91.6 cm³/mol. The van der Waals surface area contributed by atoms with Gasteiger partial charge in [-0.25, -0.2) is 0 Å². The molecule has 25 heavy (non-hydrogen) atoms. The molecule has 130 valence electrons. The lowest BCUT2D eigenvalue weighted by Gasteiger charge is -2.33. The summed E-state index contributed by atoms with van der Waals surface area (Å²) in [5.74, 6) is 0.532. The Morgan fingerprint density at radius 1 is 1.32 bits per heavy atom. The van der Waals surface area contributed by atoms with Crippen LogP contribution in [0.4, 0.5) is 5.69 Å². The second-order valence-corrected chi connectivity index (χ2v) is 6.02. The third-order valence-electron chi connectivity index (χ3n) is 4.35. The zero-order valence-corrected chi connectivity index (χ0v) is 13.9. The maximum Gasteiger partial charge on any atom is 0.273 e. The summed E-state index contributed by atoms with van der Waals surface area (Å²) >= 11 is 0. The Bertz CT molecular complexity index is 779. The molecule has 2 heterocycles. The lowest BCUT2D eigenvalue weighted by Crippen LogP contribution is -2.44. The van der Waals surface area contributed by atoms with Gasteiger partial charge in [0.2, 0.25) is 0 Å². The van der Waals surface area contributed by atoms with Crippen molar-refractivity contribution in [1.29, 1.82) is 0 Å². The molecule has 1 fully saturated rings. The minimum atomic E-state index is -0.461. The first-order valence-corrected chi connectivity index (χ1v) is 8.16.